The molecule has 0 heterocycles. The molecule has 6 nitrogen and oxygen atoms in total. The Morgan fingerprint density at radius 3 is 1.33 bits per heavy atom. The van der Waals surface area contributed by atoms with Crippen LogP contribution in [0, 0.1) is 27.7 Å². The SMILES string of the molecule is CCC(OOC(=O)c1cc(C)cc(C)c1)OOC(=O)c1cc(C)cc(C)c1. The Morgan fingerprint density at radius 2 is 1.04 bits per heavy atom. The van der Waals surface area contributed by atoms with Gasteiger partial charge in [0, 0.05) is 6.42 Å². The molecule has 2 aromatic rings. The fourth-order valence-electron chi connectivity index (χ4n) is 2.63. The van der Waals surface area contributed by atoms with Gasteiger partial charge in [0.15, 0.2) is 0 Å². The van der Waals surface area contributed by atoms with Crippen molar-refractivity contribution >= 4 is 11.9 Å². The number of carbonyl (C=O) groups is 2. The molecule has 2 rings (SSSR count). The summed E-state index contributed by atoms with van der Waals surface area (Å²) >= 11 is 0. The van der Waals surface area contributed by atoms with Crippen molar-refractivity contribution in [3.8, 4) is 0 Å². The minimum absolute atomic E-state index is 0.306. The first kappa shape index (κ1) is 20.6. The fourth-order valence-corrected chi connectivity index (χ4v) is 2.63. The number of benzene rings is 2. The summed E-state index contributed by atoms with van der Waals surface area (Å²) in [6.07, 6.45) is -0.727. The Morgan fingerprint density at radius 1 is 0.704 bits per heavy atom. The smallest absolute Gasteiger partial charge is 0.290 e. The Kier molecular flexibility index (Phi) is 7.10. The molecule has 0 amide bonds. The predicted octanol–water partition coefficient (Wildman–Crippen LogP) is 4.53. The van der Waals surface area contributed by atoms with E-state index in [1.807, 2.05) is 39.8 Å². The molecule has 0 aliphatic rings. The van der Waals surface area contributed by atoms with Crippen LogP contribution >= 0.6 is 0 Å². The van der Waals surface area contributed by atoms with Crippen molar-refractivity contribution in [2.24, 2.45) is 0 Å². The monoisotopic (exact) mass is 372 g/mol. The van der Waals surface area contributed by atoms with Crippen LogP contribution in [0.25, 0.3) is 0 Å². The van der Waals surface area contributed by atoms with E-state index in [2.05, 4.69) is 0 Å². The van der Waals surface area contributed by atoms with E-state index in [0.29, 0.717) is 17.5 Å². The van der Waals surface area contributed by atoms with Gasteiger partial charge in [0.1, 0.15) is 0 Å². The maximum atomic E-state index is 12.1. The van der Waals surface area contributed by atoms with Gasteiger partial charge in [0.2, 0.25) is 6.29 Å². The van der Waals surface area contributed by atoms with E-state index < -0.39 is 18.2 Å². The Hall–Kier alpha value is -2.70. The lowest BCUT2D eigenvalue weighted by Crippen LogP contribution is -2.21. The summed E-state index contributed by atoms with van der Waals surface area (Å²) in [4.78, 5) is 43.8. The summed E-state index contributed by atoms with van der Waals surface area (Å²) in [5.41, 5.74) is 4.49. The van der Waals surface area contributed by atoms with E-state index in [1.165, 1.54) is 0 Å². The van der Waals surface area contributed by atoms with Crippen molar-refractivity contribution in [2.45, 2.75) is 47.3 Å². The minimum atomic E-state index is -1.03. The Labute approximate surface area is 158 Å². The molecule has 27 heavy (non-hydrogen) atoms. The highest BCUT2D eigenvalue weighted by Gasteiger charge is 2.18. The van der Waals surface area contributed by atoms with Gasteiger partial charge in [0.25, 0.3) is 0 Å². The van der Waals surface area contributed by atoms with E-state index in [-0.39, 0.29) is 0 Å². The van der Waals surface area contributed by atoms with Crippen LogP contribution in [-0.2, 0) is 19.6 Å². The van der Waals surface area contributed by atoms with Crippen LogP contribution in [0.1, 0.15) is 56.3 Å². The van der Waals surface area contributed by atoms with Crippen LogP contribution < -0.4 is 0 Å². The lowest BCUT2D eigenvalue weighted by molar-refractivity contribution is -0.420. The van der Waals surface area contributed by atoms with Crippen LogP contribution in [0.15, 0.2) is 36.4 Å². The fraction of sp³-hybridized carbons (Fsp3) is 0.333. The number of hydrogen-bond donors (Lipinski definition) is 0. The summed E-state index contributed by atoms with van der Waals surface area (Å²) in [6.45, 7) is 9.27. The number of hydrogen-bond acceptors (Lipinski definition) is 6. The van der Waals surface area contributed by atoms with Crippen LogP contribution in [0.5, 0.6) is 0 Å². The normalized spacial score (nSPS) is 10.7. The quantitative estimate of drug-likeness (QED) is 0.404. The van der Waals surface area contributed by atoms with Gasteiger partial charge in [-0.05, 0) is 52.0 Å². The molecule has 0 radical (unpaired) electrons. The van der Waals surface area contributed by atoms with Crippen LogP contribution in [0.4, 0.5) is 0 Å². The highest BCUT2D eigenvalue weighted by Crippen LogP contribution is 2.13. The summed E-state index contributed by atoms with van der Waals surface area (Å²) in [5.74, 6) is -1.30. The van der Waals surface area contributed by atoms with E-state index in [0.717, 1.165) is 22.3 Å². The minimum Gasteiger partial charge on any atom is -0.290 e. The number of aryl methyl sites for hydroxylation is 4. The largest absolute Gasteiger partial charge is 0.373 e. The molecule has 2 aromatic carbocycles. The Bertz CT molecular complexity index is 719. The third-order valence-corrected chi connectivity index (χ3v) is 3.71. The average molecular weight is 372 g/mol. The van der Waals surface area contributed by atoms with Crippen LogP contribution in [0.2, 0.25) is 0 Å². The summed E-state index contributed by atoms with van der Waals surface area (Å²) in [5, 5.41) is 0. The van der Waals surface area contributed by atoms with Gasteiger partial charge in [-0.3, -0.25) is 9.78 Å². The molecule has 0 atom stereocenters. The molecule has 0 unspecified atom stereocenters. The van der Waals surface area contributed by atoms with Gasteiger partial charge in [-0.2, -0.15) is 0 Å². The van der Waals surface area contributed by atoms with Crippen molar-refractivity contribution in [1.82, 2.24) is 0 Å². The van der Waals surface area contributed by atoms with Gasteiger partial charge < -0.3 is 0 Å². The van der Waals surface area contributed by atoms with E-state index in [1.54, 1.807) is 31.2 Å². The molecular weight excluding hydrogens is 348 g/mol. The molecule has 0 saturated heterocycles. The molecule has 0 saturated carbocycles. The zero-order valence-corrected chi connectivity index (χ0v) is 16.2. The standard InChI is InChI=1S/C21H24O6/c1-6-19(24-26-20(22)17-9-13(2)7-14(3)10-17)25-27-21(23)18-11-15(4)8-16(5)12-18/h7-12,19H,6H2,1-5H3. The lowest BCUT2D eigenvalue weighted by Gasteiger charge is -2.14. The average Bonchev–Trinajstić information content (AvgIpc) is 2.59. The van der Waals surface area contributed by atoms with Crippen molar-refractivity contribution < 1.29 is 29.1 Å². The van der Waals surface area contributed by atoms with Crippen molar-refractivity contribution in [3.05, 3.63) is 69.8 Å². The number of rotatable bonds is 7. The molecule has 0 aliphatic heterocycles. The highest BCUT2D eigenvalue weighted by atomic mass is 17.3. The van der Waals surface area contributed by atoms with Gasteiger partial charge >= 0.3 is 11.9 Å². The van der Waals surface area contributed by atoms with E-state index in [4.69, 9.17) is 19.6 Å². The highest BCUT2D eigenvalue weighted by molar-refractivity contribution is 5.90. The van der Waals surface area contributed by atoms with Gasteiger partial charge in [0.05, 0.1) is 11.1 Å². The second-order valence-corrected chi connectivity index (χ2v) is 6.52. The first-order valence-corrected chi connectivity index (χ1v) is 8.70. The molecule has 0 N–H and O–H groups in total. The second kappa shape index (κ2) is 9.30. The van der Waals surface area contributed by atoms with Gasteiger partial charge in [-0.25, -0.2) is 9.59 Å². The van der Waals surface area contributed by atoms with Gasteiger partial charge in [-0.1, -0.05) is 41.3 Å². The first-order chi connectivity index (χ1) is 12.8. The van der Waals surface area contributed by atoms with Gasteiger partial charge in [-0.15, -0.1) is 9.78 Å². The van der Waals surface area contributed by atoms with Crippen LogP contribution in [0.3, 0.4) is 0 Å². The number of carbonyl (C=O) groups excluding carboxylic acids is 2. The zero-order chi connectivity index (χ0) is 20.0. The van der Waals surface area contributed by atoms with E-state index >= 15 is 0 Å². The lowest BCUT2D eigenvalue weighted by atomic mass is 10.1. The maximum absolute atomic E-state index is 12.1. The molecular formula is C21H24O6. The van der Waals surface area contributed by atoms with Crippen LogP contribution in [-0.4, -0.2) is 18.2 Å². The first-order valence-electron chi connectivity index (χ1n) is 8.70. The molecule has 0 spiro atoms. The predicted molar refractivity (Wildman–Crippen MR) is 98.9 cm³/mol. The maximum Gasteiger partial charge on any atom is 0.373 e. The van der Waals surface area contributed by atoms with E-state index in [9.17, 15) is 9.59 Å². The summed E-state index contributed by atoms with van der Waals surface area (Å²) < 4.78 is 0. The molecule has 0 bridgehead atoms. The summed E-state index contributed by atoms with van der Waals surface area (Å²) in [6, 6.07) is 10.7. The third kappa shape index (κ3) is 6.20. The Balaban J connectivity index is 1.89. The molecule has 144 valence electrons. The van der Waals surface area contributed by atoms with Crippen molar-refractivity contribution in [1.29, 1.82) is 0 Å². The molecule has 0 aliphatic carbocycles. The molecule has 0 aromatic heterocycles. The summed E-state index contributed by atoms with van der Waals surface area (Å²) in [7, 11) is 0. The second-order valence-electron chi connectivity index (χ2n) is 6.52. The molecule has 6 heteroatoms. The van der Waals surface area contributed by atoms with Crippen molar-refractivity contribution in [2.75, 3.05) is 0 Å². The topological polar surface area (TPSA) is 71.1 Å². The molecule has 0 fully saturated rings. The zero-order valence-electron chi connectivity index (χ0n) is 16.2. The van der Waals surface area contributed by atoms with Crippen molar-refractivity contribution in [3.63, 3.8) is 0 Å². The third-order valence-electron chi connectivity index (χ3n) is 3.71.